The quantitative estimate of drug-likeness (QED) is 0.348. The highest BCUT2D eigenvalue weighted by Crippen LogP contribution is 1.95. The first-order valence-corrected chi connectivity index (χ1v) is 2.65. The maximum Gasteiger partial charge on any atom is 0.143 e. The molecule has 0 aromatic heterocycles. The molecule has 0 atom stereocenters. The van der Waals surface area contributed by atoms with Crippen LogP contribution in [0.1, 0.15) is 0 Å². The summed E-state index contributed by atoms with van der Waals surface area (Å²) in [7, 11) is 1.60. The van der Waals surface area contributed by atoms with Crippen molar-refractivity contribution < 1.29 is 0 Å². The summed E-state index contributed by atoms with van der Waals surface area (Å²) < 4.78 is 0. The summed E-state index contributed by atoms with van der Waals surface area (Å²) in [5, 5.41) is 0.160. The van der Waals surface area contributed by atoms with E-state index in [9.17, 15) is 0 Å². The van der Waals surface area contributed by atoms with E-state index in [0.29, 0.717) is 0 Å². The van der Waals surface area contributed by atoms with Gasteiger partial charge in [-0.25, -0.2) is 4.99 Å². The number of hydrogen-bond donors (Lipinski definition) is 1. The second-order valence-electron chi connectivity index (χ2n) is 1.30. The van der Waals surface area contributed by atoms with E-state index in [1.807, 2.05) is 0 Å². The predicted molar refractivity (Wildman–Crippen MR) is 41.0 cm³/mol. The molecular formula is C5H8ClN3. The molecule has 0 radical (unpaired) electrons. The molecule has 0 fully saturated rings. The van der Waals surface area contributed by atoms with Crippen molar-refractivity contribution in [3.63, 3.8) is 0 Å². The molecule has 0 aliphatic carbocycles. The lowest BCUT2D eigenvalue weighted by Gasteiger charge is -1.86. The van der Waals surface area contributed by atoms with E-state index in [0.717, 1.165) is 0 Å². The highest BCUT2D eigenvalue weighted by atomic mass is 35.5. The van der Waals surface area contributed by atoms with Gasteiger partial charge in [-0.15, -0.1) is 0 Å². The van der Waals surface area contributed by atoms with Crippen molar-refractivity contribution in [2.75, 3.05) is 7.05 Å². The van der Waals surface area contributed by atoms with E-state index >= 15 is 0 Å². The molecule has 0 aliphatic heterocycles. The Morgan fingerprint density at radius 1 is 1.78 bits per heavy atom. The molecule has 9 heavy (non-hydrogen) atoms. The van der Waals surface area contributed by atoms with Gasteiger partial charge in [0.15, 0.2) is 0 Å². The van der Waals surface area contributed by atoms with Crippen molar-refractivity contribution in [1.82, 2.24) is 0 Å². The van der Waals surface area contributed by atoms with Crippen LogP contribution in [-0.2, 0) is 0 Å². The third-order valence-corrected chi connectivity index (χ3v) is 0.596. The maximum absolute atomic E-state index is 5.28. The number of nitrogens with zero attached hydrogens (tertiary/aromatic N) is 2. The van der Waals surface area contributed by atoms with E-state index in [1.165, 1.54) is 6.21 Å². The maximum atomic E-state index is 5.28. The molecule has 4 heteroatoms. The van der Waals surface area contributed by atoms with Crippen LogP contribution in [0.2, 0.25) is 0 Å². The van der Waals surface area contributed by atoms with Crippen LogP contribution in [0.25, 0.3) is 0 Å². The van der Waals surface area contributed by atoms with Gasteiger partial charge in [0.25, 0.3) is 0 Å². The molecule has 0 aliphatic rings. The second-order valence-corrected chi connectivity index (χ2v) is 1.74. The molecule has 0 aromatic carbocycles. The topological polar surface area (TPSA) is 50.7 Å². The lowest BCUT2D eigenvalue weighted by molar-refractivity contribution is 1.45. The van der Waals surface area contributed by atoms with Crippen LogP contribution in [0, 0.1) is 0 Å². The minimum atomic E-state index is 0.160. The zero-order valence-electron chi connectivity index (χ0n) is 5.13. The van der Waals surface area contributed by atoms with E-state index in [4.69, 9.17) is 17.3 Å². The van der Waals surface area contributed by atoms with Crippen LogP contribution >= 0.6 is 11.6 Å². The first-order valence-electron chi connectivity index (χ1n) is 2.27. The van der Waals surface area contributed by atoms with Gasteiger partial charge >= 0.3 is 0 Å². The summed E-state index contributed by atoms with van der Waals surface area (Å²) in [6.07, 6.45) is 1.40. The Bertz CT molecular complexity index is 160. The van der Waals surface area contributed by atoms with Crippen LogP contribution in [-0.4, -0.2) is 19.1 Å². The Morgan fingerprint density at radius 2 is 2.33 bits per heavy atom. The second kappa shape index (κ2) is 4.09. The molecule has 0 bridgehead atoms. The molecule has 2 N–H and O–H groups in total. The van der Waals surface area contributed by atoms with Gasteiger partial charge in [0, 0.05) is 7.05 Å². The highest BCUT2D eigenvalue weighted by Gasteiger charge is 1.83. The zero-order chi connectivity index (χ0) is 7.28. The van der Waals surface area contributed by atoms with Crippen LogP contribution in [0.15, 0.2) is 21.7 Å². The summed E-state index contributed by atoms with van der Waals surface area (Å²) in [6, 6.07) is 0. The smallest absolute Gasteiger partial charge is 0.143 e. The van der Waals surface area contributed by atoms with Crippen LogP contribution < -0.4 is 5.73 Å². The highest BCUT2D eigenvalue weighted by molar-refractivity contribution is 6.34. The van der Waals surface area contributed by atoms with Gasteiger partial charge in [0.05, 0.1) is 6.21 Å². The third-order valence-electron chi connectivity index (χ3n) is 0.512. The summed E-state index contributed by atoms with van der Waals surface area (Å²) in [5.41, 5.74) is 5.24. The lowest BCUT2D eigenvalue weighted by atomic mass is 10.6. The Morgan fingerprint density at radius 3 is 2.67 bits per heavy atom. The first kappa shape index (κ1) is 8.17. The Labute approximate surface area is 58.9 Å². The van der Waals surface area contributed by atoms with E-state index in [-0.39, 0.29) is 11.0 Å². The number of nitrogens with two attached hydrogens (primary N) is 1. The summed E-state index contributed by atoms with van der Waals surface area (Å²) >= 11 is 5.28. The summed E-state index contributed by atoms with van der Waals surface area (Å²) in [6.45, 7) is 3.31. The van der Waals surface area contributed by atoms with Crippen molar-refractivity contribution in [2.45, 2.75) is 0 Å². The number of amidine groups is 1. The van der Waals surface area contributed by atoms with Gasteiger partial charge in [0.2, 0.25) is 0 Å². The zero-order valence-corrected chi connectivity index (χ0v) is 5.89. The van der Waals surface area contributed by atoms with E-state index < -0.39 is 0 Å². The standard InChI is InChI=1S/C5H8ClN3/c1-4(6)9-5(7)3-8-2/h3H,1H2,2H3,(H2,7,9). The molecule has 50 valence electrons. The normalized spacial score (nSPS) is 12.4. The van der Waals surface area contributed by atoms with E-state index in [2.05, 4.69) is 16.6 Å². The molecule has 0 amide bonds. The van der Waals surface area contributed by atoms with Gasteiger partial charge in [0.1, 0.15) is 11.0 Å². The number of rotatable bonds is 2. The SMILES string of the molecule is C=C(Cl)N=C(N)C=NC. The Kier molecular flexibility index (Phi) is 3.71. The van der Waals surface area contributed by atoms with Crippen LogP contribution in [0.5, 0.6) is 0 Å². The lowest BCUT2D eigenvalue weighted by Crippen LogP contribution is -2.12. The molecule has 0 rings (SSSR count). The average molecular weight is 146 g/mol. The van der Waals surface area contributed by atoms with Crippen molar-refractivity contribution in [3.8, 4) is 0 Å². The van der Waals surface area contributed by atoms with Gasteiger partial charge in [-0.2, -0.15) is 0 Å². The molecule has 0 saturated carbocycles. The molecular weight excluding hydrogens is 138 g/mol. The van der Waals surface area contributed by atoms with E-state index in [1.54, 1.807) is 7.05 Å². The van der Waals surface area contributed by atoms with Crippen molar-refractivity contribution in [2.24, 2.45) is 15.7 Å². The Balaban J connectivity index is 4.00. The van der Waals surface area contributed by atoms with Gasteiger partial charge in [-0.3, -0.25) is 4.99 Å². The Hall–Kier alpha value is -0.830. The first-order chi connectivity index (χ1) is 4.16. The molecule has 0 heterocycles. The molecule has 0 unspecified atom stereocenters. The number of halogens is 1. The van der Waals surface area contributed by atoms with Gasteiger partial charge < -0.3 is 5.73 Å². The average Bonchev–Trinajstić information content (AvgIpc) is 1.63. The number of aliphatic imine (C=N–C) groups is 2. The van der Waals surface area contributed by atoms with Gasteiger partial charge in [-0.05, 0) is 0 Å². The fraction of sp³-hybridized carbons (Fsp3) is 0.200. The third kappa shape index (κ3) is 5.03. The largest absolute Gasteiger partial charge is 0.382 e. The summed E-state index contributed by atoms with van der Waals surface area (Å²) in [5.74, 6) is 0.262. The van der Waals surface area contributed by atoms with Crippen LogP contribution in [0.3, 0.4) is 0 Å². The fourth-order valence-corrected chi connectivity index (χ4v) is 0.399. The summed E-state index contributed by atoms with van der Waals surface area (Å²) in [4.78, 5) is 7.19. The number of hydrogen-bond acceptors (Lipinski definition) is 2. The van der Waals surface area contributed by atoms with Crippen molar-refractivity contribution in [3.05, 3.63) is 11.7 Å². The molecule has 3 nitrogen and oxygen atoms in total. The van der Waals surface area contributed by atoms with Crippen LogP contribution in [0.4, 0.5) is 0 Å². The van der Waals surface area contributed by atoms with Crippen molar-refractivity contribution in [1.29, 1.82) is 0 Å². The minimum absolute atomic E-state index is 0.160. The predicted octanol–water partition coefficient (Wildman–Crippen LogP) is 0.754. The van der Waals surface area contributed by atoms with Gasteiger partial charge in [-0.1, -0.05) is 18.2 Å². The minimum Gasteiger partial charge on any atom is -0.382 e. The molecule has 0 saturated heterocycles. The monoisotopic (exact) mass is 145 g/mol. The fourth-order valence-electron chi connectivity index (χ4n) is 0.301. The molecule has 0 aromatic rings. The molecule has 0 spiro atoms. The van der Waals surface area contributed by atoms with Crippen molar-refractivity contribution >= 4 is 23.7 Å².